The van der Waals surface area contributed by atoms with Crippen molar-refractivity contribution in [1.29, 1.82) is 0 Å². The summed E-state index contributed by atoms with van der Waals surface area (Å²) < 4.78 is 20.5. The van der Waals surface area contributed by atoms with Crippen molar-refractivity contribution < 1.29 is 9.13 Å². The van der Waals surface area contributed by atoms with E-state index in [1.165, 1.54) is 6.07 Å². The Kier molecular flexibility index (Phi) is 4.54. The highest BCUT2D eigenvalue weighted by Gasteiger charge is 2.10. The first-order valence-electron chi connectivity index (χ1n) is 5.56. The standard InChI is InChI=1S/C14H13FINO/c1-17-9-10-11(15)5-4-8-13(10)18-14-7-3-2-6-12(14)16/h2-8,17H,9H2,1H3. The predicted molar refractivity (Wildman–Crippen MR) is 78.4 cm³/mol. The summed E-state index contributed by atoms with van der Waals surface area (Å²) in [5.74, 6) is 1.03. The first-order chi connectivity index (χ1) is 8.72. The highest BCUT2D eigenvalue weighted by Crippen LogP contribution is 2.30. The molecule has 0 amide bonds. The van der Waals surface area contributed by atoms with E-state index in [1.807, 2.05) is 24.3 Å². The van der Waals surface area contributed by atoms with E-state index in [0.717, 1.165) is 9.32 Å². The molecule has 0 heterocycles. The molecule has 0 aromatic heterocycles. The van der Waals surface area contributed by atoms with E-state index in [9.17, 15) is 4.39 Å². The van der Waals surface area contributed by atoms with Gasteiger partial charge in [0, 0.05) is 12.1 Å². The number of nitrogens with one attached hydrogen (secondary N) is 1. The highest BCUT2D eigenvalue weighted by atomic mass is 127. The second kappa shape index (κ2) is 6.15. The number of hydrogen-bond donors (Lipinski definition) is 1. The molecule has 0 aliphatic carbocycles. The topological polar surface area (TPSA) is 21.3 Å². The molecule has 0 saturated carbocycles. The Morgan fingerprint density at radius 1 is 1.11 bits per heavy atom. The number of hydrogen-bond acceptors (Lipinski definition) is 2. The van der Waals surface area contributed by atoms with Crippen LogP contribution in [0.25, 0.3) is 0 Å². The number of benzene rings is 2. The van der Waals surface area contributed by atoms with Gasteiger partial charge in [-0.05, 0) is 53.9 Å². The minimum atomic E-state index is -0.257. The fourth-order valence-corrected chi connectivity index (χ4v) is 2.13. The van der Waals surface area contributed by atoms with Crippen LogP contribution in [0, 0.1) is 9.39 Å². The van der Waals surface area contributed by atoms with E-state index < -0.39 is 0 Å². The molecule has 94 valence electrons. The summed E-state index contributed by atoms with van der Waals surface area (Å²) in [6.45, 7) is 0.436. The molecule has 0 aliphatic rings. The van der Waals surface area contributed by atoms with Crippen molar-refractivity contribution in [2.24, 2.45) is 0 Å². The van der Waals surface area contributed by atoms with Crippen molar-refractivity contribution in [2.75, 3.05) is 7.05 Å². The van der Waals surface area contributed by atoms with E-state index in [-0.39, 0.29) is 5.82 Å². The van der Waals surface area contributed by atoms with Gasteiger partial charge in [-0.1, -0.05) is 18.2 Å². The summed E-state index contributed by atoms with van der Waals surface area (Å²) in [6.07, 6.45) is 0. The van der Waals surface area contributed by atoms with E-state index >= 15 is 0 Å². The van der Waals surface area contributed by atoms with E-state index in [0.29, 0.717) is 17.9 Å². The lowest BCUT2D eigenvalue weighted by atomic mass is 10.2. The minimum Gasteiger partial charge on any atom is -0.456 e. The van der Waals surface area contributed by atoms with Gasteiger partial charge in [0.25, 0.3) is 0 Å². The van der Waals surface area contributed by atoms with Crippen LogP contribution in [0.1, 0.15) is 5.56 Å². The molecule has 0 aliphatic heterocycles. The number of rotatable bonds is 4. The average molecular weight is 357 g/mol. The monoisotopic (exact) mass is 357 g/mol. The Bertz CT molecular complexity index is 545. The molecule has 0 spiro atoms. The average Bonchev–Trinajstić information content (AvgIpc) is 2.36. The zero-order valence-electron chi connectivity index (χ0n) is 9.91. The van der Waals surface area contributed by atoms with E-state index in [1.54, 1.807) is 19.2 Å². The summed E-state index contributed by atoms with van der Waals surface area (Å²) in [5.41, 5.74) is 0.541. The van der Waals surface area contributed by atoms with Crippen LogP contribution in [-0.2, 0) is 6.54 Å². The van der Waals surface area contributed by atoms with Crippen molar-refractivity contribution in [3.05, 3.63) is 57.4 Å². The fraction of sp³-hybridized carbons (Fsp3) is 0.143. The first kappa shape index (κ1) is 13.3. The van der Waals surface area contributed by atoms with Crippen LogP contribution in [0.2, 0.25) is 0 Å². The van der Waals surface area contributed by atoms with Gasteiger partial charge in [-0.15, -0.1) is 0 Å². The summed E-state index contributed by atoms with van der Waals surface area (Å²) in [6, 6.07) is 12.5. The first-order valence-corrected chi connectivity index (χ1v) is 6.64. The molecule has 0 unspecified atom stereocenters. The maximum Gasteiger partial charge on any atom is 0.140 e. The summed E-state index contributed by atoms with van der Waals surface area (Å²) >= 11 is 2.19. The smallest absolute Gasteiger partial charge is 0.140 e. The lowest BCUT2D eigenvalue weighted by molar-refractivity contribution is 0.461. The molecule has 0 atom stereocenters. The molecule has 1 N–H and O–H groups in total. The van der Waals surface area contributed by atoms with Crippen molar-refractivity contribution in [2.45, 2.75) is 6.54 Å². The van der Waals surface area contributed by atoms with Gasteiger partial charge < -0.3 is 10.1 Å². The van der Waals surface area contributed by atoms with Crippen LogP contribution in [0.15, 0.2) is 42.5 Å². The molecule has 2 aromatic carbocycles. The zero-order chi connectivity index (χ0) is 13.0. The van der Waals surface area contributed by atoms with Crippen LogP contribution in [0.3, 0.4) is 0 Å². The molecule has 0 radical (unpaired) electrons. The molecule has 2 nitrogen and oxygen atoms in total. The van der Waals surface area contributed by atoms with Crippen LogP contribution in [0.4, 0.5) is 4.39 Å². The Labute approximate surface area is 119 Å². The largest absolute Gasteiger partial charge is 0.456 e. The van der Waals surface area contributed by atoms with Gasteiger partial charge in [0.2, 0.25) is 0 Å². The Morgan fingerprint density at radius 2 is 1.83 bits per heavy atom. The van der Waals surface area contributed by atoms with Gasteiger partial charge >= 0.3 is 0 Å². The Balaban J connectivity index is 2.34. The van der Waals surface area contributed by atoms with Gasteiger partial charge in [0.1, 0.15) is 17.3 Å². The van der Waals surface area contributed by atoms with Crippen LogP contribution in [0.5, 0.6) is 11.5 Å². The highest BCUT2D eigenvalue weighted by molar-refractivity contribution is 14.1. The molecular weight excluding hydrogens is 344 g/mol. The maximum absolute atomic E-state index is 13.7. The Morgan fingerprint density at radius 3 is 2.56 bits per heavy atom. The molecule has 4 heteroatoms. The fourth-order valence-electron chi connectivity index (χ4n) is 1.63. The second-order valence-corrected chi connectivity index (χ2v) is 4.94. The minimum absolute atomic E-state index is 0.257. The Hall–Kier alpha value is -1.14. The molecule has 0 bridgehead atoms. The maximum atomic E-state index is 13.7. The molecular formula is C14H13FINO. The molecule has 2 rings (SSSR count). The summed E-state index contributed by atoms with van der Waals surface area (Å²) in [5, 5.41) is 2.94. The van der Waals surface area contributed by atoms with Gasteiger partial charge in [-0.25, -0.2) is 4.39 Å². The molecule has 2 aromatic rings. The van der Waals surface area contributed by atoms with Crippen molar-refractivity contribution in [3.8, 4) is 11.5 Å². The van der Waals surface area contributed by atoms with Crippen LogP contribution >= 0.6 is 22.6 Å². The van der Waals surface area contributed by atoms with Gasteiger partial charge in [-0.3, -0.25) is 0 Å². The lowest BCUT2D eigenvalue weighted by Crippen LogP contribution is -2.08. The summed E-state index contributed by atoms with van der Waals surface area (Å²) in [7, 11) is 1.78. The van der Waals surface area contributed by atoms with Gasteiger partial charge in [-0.2, -0.15) is 0 Å². The molecule has 0 saturated heterocycles. The summed E-state index contributed by atoms with van der Waals surface area (Å²) in [4.78, 5) is 0. The van der Waals surface area contributed by atoms with Crippen LogP contribution < -0.4 is 10.1 Å². The van der Waals surface area contributed by atoms with Crippen molar-refractivity contribution in [3.63, 3.8) is 0 Å². The number of ether oxygens (including phenoxy) is 1. The third-order valence-corrected chi connectivity index (χ3v) is 3.38. The lowest BCUT2D eigenvalue weighted by Gasteiger charge is -2.12. The van der Waals surface area contributed by atoms with Crippen LogP contribution in [-0.4, -0.2) is 7.05 Å². The SMILES string of the molecule is CNCc1c(F)cccc1Oc1ccccc1I. The normalized spacial score (nSPS) is 10.4. The molecule has 18 heavy (non-hydrogen) atoms. The number of para-hydroxylation sites is 1. The third kappa shape index (κ3) is 3.00. The van der Waals surface area contributed by atoms with Gasteiger partial charge in [0.15, 0.2) is 0 Å². The molecule has 0 fully saturated rings. The number of halogens is 2. The van der Waals surface area contributed by atoms with Gasteiger partial charge in [0.05, 0.1) is 3.57 Å². The quantitative estimate of drug-likeness (QED) is 0.837. The second-order valence-electron chi connectivity index (χ2n) is 3.78. The zero-order valence-corrected chi connectivity index (χ0v) is 12.1. The van der Waals surface area contributed by atoms with E-state index in [2.05, 4.69) is 27.9 Å². The predicted octanol–water partition coefficient (Wildman–Crippen LogP) is 3.94. The third-order valence-electron chi connectivity index (χ3n) is 2.49. The van der Waals surface area contributed by atoms with Crippen molar-refractivity contribution in [1.82, 2.24) is 5.32 Å². The van der Waals surface area contributed by atoms with E-state index in [4.69, 9.17) is 4.74 Å². The van der Waals surface area contributed by atoms with Crippen molar-refractivity contribution >= 4 is 22.6 Å².